The molecular weight excluding hydrogens is 210 g/mol. The first kappa shape index (κ1) is 12.2. The number of carbonyl (C=O) groups is 2. The number of aliphatic carboxylic acids is 1. The zero-order chi connectivity index (χ0) is 12.1. The molecule has 0 bridgehead atoms. The SMILES string of the molecule is CC(C)C(NC(=O)Cc1ccn[nH]1)C(=O)O. The smallest absolute Gasteiger partial charge is 0.326 e. The summed E-state index contributed by atoms with van der Waals surface area (Å²) in [6, 6.07) is 0.820. The Bertz CT molecular complexity index is 359. The second-order valence-corrected chi connectivity index (χ2v) is 3.89. The molecule has 1 heterocycles. The fourth-order valence-electron chi connectivity index (χ4n) is 1.29. The molecule has 0 saturated carbocycles. The van der Waals surface area contributed by atoms with Gasteiger partial charge >= 0.3 is 5.97 Å². The highest BCUT2D eigenvalue weighted by Gasteiger charge is 2.23. The fourth-order valence-corrected chi connectivity index (χ4v) is 1.29. The van der Waals surface area contributed by atoms with E-state index >= 15 is 0 Å². The van der Waals surface area contributed by atoms with Gasteiger partial charge in [-0.15, -0.1) is 0 Å². The molecule has 3 N–H and O–H groups in total. The Labute approximate surface area is 93.1 Å². The van der Waals surface area contributed by atoms with Crippen LogP contribution in [0.2, 0.25) is 0 Å². The largest absolute Gasteiger partial charge is 0.480 e. The van der Waals surface area contributed by atoms with Crippen molar-refractivity contribution in [3.05, 3.63) is 18.0 Å². The van der Waals surface area contributed by atoms with Gasteiger partial charge in [0, 0.05) is 11.9 Å². The number of rotatable bonds is 5. The number of amides is 1. The molecule has 6 heteroatoms. The second kappa shape index (κ2) is 5.29. The molecule has 0 saturated heterocycles. The van der Waals surface area contributed by atoms with Crippen LogP contribution in [0.25, 0.3) is 0 Å². The summed E-state index contributed by atoms with van der Waals surface area (Å²) in [5.41, 5.74) is 0.658. The number of hydrogen-bond acceptors (Lipinski definition) is 3. The van der Waals surface area contributed by atoms with Crippen LogP contribution in [0.4, 0.5) is 0 Å². The summed E-state index contributed by atoms with van der Waals surface area (Å²) in [6.45, 7) is 3.49. The van der Waals surface area contributed by atoms with Gasteiger partial charge in [-0.05, 0) is 12.0 Å². The average Bonchev–Trinajstić information content (AvgIpc) is 2.65. The number of carboxylic acid groups (broad SMARTS) is 1. The number of aromatic nitrogens is 2. The third kappa shape index (κ3) is 3.38. The highest BCUT2D eigenvalue weighted by atomic mass is 16.4. The summed E-state index contributed by atoms with van der Waals surface area (Å²) in [5, 5.41) is 17.7. The Morgan fingerprint density at radius 3 is 2.69 bits per heavy atom. The molecule has 0 aromatic carbocycles. The maximum absolute atomic E-state index is 11.5. The van der Waals surface area contributed by atoms with Crippen LogP contribution in [0.5, 0.6) is 0 Å². The fraction of sp³-hybridized carbons (Fsp3) is 0.500. The molecule has 6 nitrogen and oxygen atoms in total. The van der Waals surface area contributed by atoms with Gasteiger partial charge in [-0.1, -0.05) is 13.8 Å². The lowest BCUT2D eigenvalue weighted by Crippen LogP contribution is -2.44. The molecule has 1 aromatic heterocycles. The van der Waals surface area contributed by atoms with Crippen LogP contribution in [0.1, 0.15) is 19.5 Å². The summed E-state index contributed by atoms with van der Waals surface area (Å²) in [7, 11) is 0. The van der Waals surface area contributed by atoms with Crippen molar-refractivity contribution in [3.8, 4) is 0 Å². The van der Waals surface area contributed by atoms with E-state index in [0.29, 0.717) is 5.69 Å². The highest BCUT2D eigenvalue weighted by Crippen LogP contribution is 2.02. The maximum atomic E-state index is 11.5. The van der Waals surface area contributed by atoms with Crippen molar-refractivity contribution in [1.29, 1.82) is 0 Å². The zero-order valence-corrected chi connectivity index (χ0v) is 9.23. The average molecular weight is 225 g/mol. The van der Waals surface area contributed by atoms with Crippen molar-refractivity contribution in [3.63, 3.8) is 0 Å². The van der Waals surface area contributed by atoms with E-state index in [2.05, 4.69) is 15.5 Å². The molecule has 1 aromatic rings. The lowest BCUT2D eigenvalue weighted by atomic mass is 10.0. The summed E-state index contributed by atoms with van der Waals surface area (Å²) in [5.74, 6) is -1.50. The van der Waals surface area contributed by atoms with Crippen molar-refractivity contribution in [2.75, 3.05) is 0 Å². The molecule has 1 unspecified atom stereocenters. The summed E-state index contributed by atoms with van der Waals surface area (Å²) in [4.78, 5) is 22.4. The molecule has 1 rings (SSSR count). The molecule has 1 atom stereocenters. The third-order valence-corrected chi connectivity index (χ3v) is 2.16. The maximum Gasteiger partial charge on any atom is 0.326 e. The first-order chi connectivity index (χ1) is 7.50. The summed E-state index contributed by atoms with van der Waals surface area (Å²) < 4.78 is 0. The Balaban J connectivity index is 2.52. The van der Waals surface area contributed by atoms with Gasteiger partial charge in [0.1, 0.15) is 6.04 Å². The van der Waals surface area contributed by atoms with Crippen LogP contribution in [0.3, 0.4) is 0 Å². The van der Waals surface area contributed by atoms with Crippen LogP contribution in [0.15, 0.2) is 12.3 Å². The van der Waals surface area contributed by atoms with Crippen LogP contribution in [-0.2, 0) is 16.0 Å². The van der Waals surface area contributed by atoms with Gasteiger partial charge in [0.05, 0.1) is 6.42 Å². The normalized spacial score (nSPS) is 12.4. The van der Waals surface area contributed by atoms with Gasteiger partial charge in [-0.2, -0.15) is 5.10 Å². The number of nitrogens with one attached hydrogen (secondary N) is 2. The van der Waals surface area contributed by atoms with Gasteiger partial charge in [-0.25, -0.2) is 4.79 Å². The Kier molecular flexibility index (Phi) is 4.04. The number of carboxylic acids is 1. The van der Waals surface area contributed by atoms with Gasteiger partial charge in [0.25, 0.3) is 0 Å². The number of hydrogen-bond donors (Lipinski definition) is 3. The van der Waals surface area contributed by atoms with E-state index in [4.69, 9.17) is 5.11 Å². The van der Waals surface area contributed by atoms with Crippen LogP contribution in [0, 0.1) is 5.92 Å². The van der Waals surface area contributed by atoms with Crippen molar-refractivity contribution in [2.24, 2.45) is 5.92 Å². The lowest BCUT2D eigenvalue weighted by Gasteiger charge is -2.17. The Morgan fingerprint density at radius 2 is 2.25 bits per heavy atom. The predicted octanol–water partition coefficient (Wildman–Crippen LogP) is 0.178. The van der Waals surface area contributed by atoms with Gasteiger partial charge in [0.2, 0.25) is 5.91 Å². The molecule has 88 valence electrons. The molecule has 0 aliphatic rings. The van der Waals surface area contributed by atoms with E-state index in [1.165, 1.54) is 0 Å². The minimum Gasteiger partial charge on any atom is -0.480 e. The van der Waals surface area contributed by atoms with Crippen LogP contribution in [-0.4, -0.2) is 33.2 Å². The predicted molar refractivity (Wildman–Crippen MR) is 56.7 cm³/mol. The van der Waals surface area contributed by atoms with Crippen molar-refractivity contribution in [2.45, 2.75) is 26.3 Å². The molecule has 0 aliphatic carbocycles. The Hall–Kier alpha value is -1.85. The van der Waals surface area contributed by atoms with Crippen molar-refractivity contribution in [1.82, 2.24) is 15.5 Å². The highest BCUT2D eigenvalue weighted by molar-refractivity contribution is 5.84. The molecule has 0 spiro atoms. The summed E-state index contributed by atoms with van der Waals surface area (Å²) >= 11 is 0. The first-order valence-electron chi connectivity index (χ1n) is 5.01. The standard InChI is InChI=1S/C10H15N3O3/c1-6(2)9(10(15)16)12-8(14)5-7-3-4-11-13-7/h3-4,6,9H,5H2,1-2H3,(H,11,13)(H,12,14)(H,15,16). The lowest BCUT2D eigenvalue weighted by molar-refractivity contribution is -0.143. The van der Waals surface area contributed by atoms with E-state index in [0.717, 1.165) is 0 Å². The van der Waals surface area contributed by atoms with E-state index < -0.39 is 12.0 Å². The first-order valence-corrected chi connectivity index (χ1v) is 5.01. The van der Waals surface area contributed by atoms with E-state index in [1.54, 1.807) is 26.1 Å². The zero-order valence-electron chi connectivity index (χ0n) is 9.23. The topological polar surface area (TPSA) is 95.1 Å². The number of H-pyrrole nitrogens is 1. The number of aromatic amines is 1. The quantitative estimate of drug-likeness (QED) is 0.666. The number of nitrogens with zero attached hydrogens (tertiary/aromatic N) is 1. The van der Waals surface area contributed by atoms with Crippen LogP contribution < -0.4 is 5.32 Å². The third-order valence-electron chi connectivity index (χ3n) is 2.16. The van der Waals surface area contributed by atoms with Crippen molar-refractivity contribution < 1.29 is 14.7 Å². The van der Waals surface area contributed by atoms with Crippen molar-refractivity contribution >= 4 is 11.9 Å². The van der Waals surface area contributed by atoms with Crippen LogP contribution >= 0.6 is 0 Å². The Morgan fingerprint density at radius 1 is 1.56 bits per heavy atom. The van der Waals surface area contributed by atoms with E-state index in [1.807, 2.05) is 0 Å². The number of carbonyl (C=O) groups excluding carboxylic acids is 1. The van der Waals surface area contributed by atoms with Gasteiger partial charge in [0.15, 0.2) is 0 Å². The van der Waals surface area contributed by atoms with E-state index in [9.17, 15) is 9.59 Å². The second-order valence-electron chi connectivity index (χ2n) is 3.89. The minimum atomic E-state index is -1.02. The summed E-state index contributed by atoms with van der Waals surface area (Å²) in [6.07, 6.45) is 1.65. The van der Waals surface area contributed by atoms with E-state index in [-0.39, 0.29) is 18.2 Å². The molecule has 0 aliphatic heterocycles. The van der Waals surface area contributed by atoms with Gasteiger partial charge in [-0.3, -0.25) is 9.89 Å². The minimum absolute atomic E-state index is 0.108. The molecular formula is C10H15N3O3. The molecule has 16 heavy (non-hydrogen) atoms. The molecule has 1 amide bonds. The van der Waals surface area contributed by atoms with Gasteiger partial charge < -0.3 is 10.4 Å². The molecule has 0 fully saturated rings. The monoisotopic (exact) mass is 225 g/mol. The molecule has 0 radical (unpaired) electrons.